The molecule has 0 aliphatic rings. The topological polar surface area (TPSA) is 50.1 Å². The minimum atomic E-state index is -0.497. The predicted octanol–water partition coefficient (Wildman–Crippen LogP) is 2.58. The van der Waals surface area contributed by atoms with Crippen LogP contribution >= 0.6 is 0 Å². The molecule has 0 rings (SSSR count). The first-order chi connectivity index (χ1) is 6.67. The molecule has 0 atom stereocenters. The van der Waals surface area contributed by atoms with Crippen molar-refractivity contribution in [1.82, 2.24) is 0 Å². The van der Waals surface area contributed by atoms with Crippen LogP contribution in [0.15, 0.2) is 11.1 Å². The number of carbonyl (C=O) groups excluding carboxylic acids is 1. The van der Waals surface area contributed by atoms with Crippen LogP contribution in [-0.2, 0) is 9.53 Å². The number of ether oxygens (including phenoxy) is 1. The maximum absolute atomic E-state index is 11.3. The second kappa shape index (κ2) is 7.14. The van der Waals surface area contributed by atoms with Gasteiger partial charge in [0.2, 0.25) is 0 Å². The lowest BCUT2D eigenvalue weighted by Gasteiger charge is -2.04. The number of rotatable bonds is 5. The molecule has 0 N–H and O–H groups in total. The number of allylic oxidation sites excluding steroid dienone is 1. The summed E-state index contributed by atoms with van der Waals surface area (Å²) in [5, 5.41) is 8.78. The Kier molecular flexibility index (Phi) is 6.47. The van der Waals surface area contributed by atoms with Gasteiger partial charge in [-0.1, -0.05) is 13.3 Å². The van der Waals surface area contributed by atoms with Crippen molar-refractivity contribution in [3.05, 3.63) is 11.1 Å². The van der Waals surface area contributed by atoms with Gasteiger partial charge in [-0.05, 0) is 32.3 Å². The maximum atomic E-state index is 11.3. The lowest BCUT2D eigenvalue weighted by Crippen LogP contribution is -2.08. The first-order valence-corrected chi connectivity index (χ1v) is 4.94. The van der Waals surface area contributed by atoms with Gasteiger partial charge in [-0.3, -0.25) is 0 Å². The van der Waals surface area contributed by atoms with E-state index in [9.17, 15) is 4.79 Å². The first kappa shape index (κ1) is 12.7. The molecule has 0 amide bonds. The van der Waals surface area contributed by atoms with Gasteiger partial charge >= 0.3 is 5.97 Å². The molecule has 0 aromatic rings. The lowest BCUT2D eigenvalue weighted by atomic mass is 10.1. The standard InChI is InChI=1S/C11H17NO2/c1-4-6-7-9(3)10(8-12)11(13)14-5-2/h4-7H2,1-3H3. The maximum Gasteiger partial charge on any atom is 0.348 e. The third-order valence-electron chi connectivity index (χ3n) is 1.92. The SMILES string of the molecule is CCCCC(C)=C(C#N)C(=O)OCC. The zero-order valence-corrected chi connectivity index (χ0v) is 9.09. The monoisotopic (exact) mass is 195 g/mol. The summed E-state index contributed by atoms with van der Waals surface area (Å²) in [5.41, 5.74) is 0.994. The molecule has 3 heteroatoms. The Morgan fingerprint density at radius 1 is 1.43 bits per heavy atom. The van der Waals surface area contributed by atoms with Crippen molar-refractivity contribution in [3.8, 4) is 6.07 Å². The Hall–Kier alpha value is -1.30. The van der Waals surface area contributed by atoms with Crippen LogP contribution in [0.1, 0.15) is 40.0 Å². The molecule has 0 aromatic carbocycles. The van der Waals surface area contributed by atoms with E-state index in [2.05, 4.69) is 6.92 Å². The minimum absolute atomic E-state index is 0.167. The zero-order valence-electron chi connectivity index (χ0n) is 9.09. The predicted molar refractivity (Wildman–Crippen MR) is 54.5 cm³/mol. The number of hydrogen-bond donors (Lipinski definition) is 0. The highest BCUT2D eigenvalue weighted by Crippen LogP contribution is 2.12. The highest BCUT2D eigenvalue weighted by atomic mass is 16.5. The summed E-state index contributed by atoms with van der Waals surface area (Å²) in [5.74, 6) is -0.497. The quantitative estimate of drug-likeness (QED) is 0.385. The van der Waals surface area contributed by atoms with Crippen molar-refractivity contribution in [1.29, 1.82) is 5.26 Å². The summed E-state index contributed by atoms with van der Waals surface area (Å²) in [4.78, 5) is 11.3. The van der Waals surface area contributed by atoms with Crippen LogP contribution in [0.3, 0.4) is 0 Å². The number of nitriles is 1. The molecule has 0 fully saturated rings. The third kappa shape index (κ3) is 4.08. The van der Waals surface area contributed by atoms with E-state index in [1.165, 1.54) is 0 Å². The average molecular weight is 195 g/mol. The van der Waals surface area contributed by atoms with Crippen molar-refractivity contribution >= 4 is 5.97 Å². The lowest BCUT2D eigenvalue weighted by molar-refractivity contribution is -0.138. The van der Waals surface area contributed by atoms with E-state index in [0.717, 1.165) is 24.8 Å². The van der Waals surface area contributed by atoms with Crippen molar-refractivity contribution in [3.63, 3.8) is 0 Å². The number of hydrogen-bond acceptors (Lipinski definition) is 3. The molecule has 0 aromatic heterocycles. The Morgan fingerprint density at radius 3 is 2.50 bits per heavy atom. The molecule has 0 spiro atoms. The molecule has 0 bridgehead atoms. The molecular formula is C11H17NO2. The third-order valence-corrected chi connectivity index (χ3v) is 1.92. The largest absolute Gasteiger partial charge is 0.462 e. The molecule has 0 aliphatic carbocycles. The highest BCUT2D eigenvalue weighted by molar-refractivity contribution is 5.93. The van der Waals surface area contributed by atoms with Crippen LogP contribution in [0.5, 0.6) is 0 Å². The number of carbonyl (C=O) groups is 1. The molecule has 0 heterocycles. The average Bonchev–Trinajstić information content (AvgIpc) is 2.16. The summed E-state index contributed by atoms with van der Waals surface area (Å²) in [6.07, 6.45) is 2.84. The molecule has 14 heavy (non-hydrogen) atoms. The van der Waals surface area contributed by atoms with E-state index in [4.69, 9.17) is 10.00 Å². The fourth-order valence-electron chi connectivity index (χ4n) is 1.09. The van der Waals surface area contributed by atoms with Gasteiger partial charge in [-0.15, -0.1) is 0 Å². The van der Waals surface area contributed by atoms with Crippen LogP contribution in [-0.4, -0.2) is 12.6 Å². The van der Waals surface area contributed by atoms with Gasteiger partial charge < -0.3 is 4.74 Å². The van der Waals surface area contributed by atoms with Crippen LogP contribution < -0.4 is 0 Å². The molecule has 0 aliphatic heterocycles. The first-order valence-electron chi connectivity index (χ1n) is 4.94. The van der Waals surface area contributed by atoms with Crippen molar-refractivity contribution in [2.75, 3.05) is 6.61 Å². The number of nitrogens with zero attached hydrogens (tertiary/aromatic N) is 1. The van der Waals surface area contributed by atoms with Crippen molar-refractivity contribution in [2.24, 2.45) is 0 Å². The second-order valence-electron chi connectivity index (χ2n) is 3.09. The van der Waals surface area contributed by atoms with E-state index in [0.29, 0.717) is 6.61 Å². The highest BCUT2D eigenvalue weighted by Gasteiger charge is 2.12. The summed E-state index contributed by atoms with van der Waals surface area (Å²) in [6.45, 7) is 5.92. The van der Waals surface area contributed by atoms with Crippen LogP contribution in [0, 0.1) is 11.3 Å². The fraction of sp³-hybridized carbons (Fsp3) is 0.636. The molecule has 0 saturated carbocycles. The Morgan fingerprint density at radius 2 is 2.07 bits per heavy atom. The van der Waals surface area contributed by atoms with Crippen LogP contribution in [0.4, 0.5) is 0 Å². The van der Waals surface area contributed by atoms with Gasteiger partial charge in [-0.2, -0.15) is 5.26 Å². The summed E-state index contributed by atoms with van der Waals surface area (Å²) >= 11 is 0. The molecule has 0 radical (unpaired) electrons. The second-order valence-corrected chi connectivity index (χ2v) is 3.09. The zero-order chi connectivity index (χ0) is 11.0. The Balaban J connectivity index is 4.51. The number of unbranched alkanes of at least 4 members (excludes halogenated alkanes) is 1. The fourth-order valence-corrected chi connectivity index (χ4v) is 1.09. The Bertz CT molecular complexity index is 261. The molecular weight excluding hydrogens is 178 g/mol. The van der Waals surface area contributed by atoms with E-state index >= 15 is 0 Å². The minimum Gasteiger partial charge on any atom is -0.462 e. The van der Waals surface area contributed by atoms with E-state index < -0.39 is 5.97 Å². The molecule has 3 nitrogen and oxygen atoms in total. The summed E-state index contributed by atoms with van der Waals surface area (Å²) in [6, 6.07) is 1.90. The molecule has 0 unspecified atom stereocenters. The summed E-state index contributed by atoms with van der Waals surface area (Å²) < 4.78 is 4.78. The Labute approximate surface area is 85.4 Å². The van der Waals surface area contributed by atoms with Crippen molar-refractivity contribution in [2.45, 2.75) is 40.0 Å². The van der Waals surface area contributed by atoms with E-state index in [-0.39, 0.29) is 5.57 Å². The van der Waals surface area contributed by atoms with Gasteiger partial charge in [0.25, 0.3) is 0 Å². The van der Waals surface area contributed by atoms with Crippen LogP contribution in [0.2, 0.25) is 0 Å². The van der Waals surface area contributed by atoms with Gasteiger partial charge in [-0.25, -0.2) is 4.79 Å². The van der Waals surface area contributed by atoms with Gasteiger partial charge in [0.15, 0.2) is 0 Å². The van der Waals surface area contributed by atoms with E-state index in [1.807, 2.05) is 13.0 Å². The van der Waals surface area contributed by atoms with Gasteiger partial charge in [0.1, 0.15) is 11.6 Å². The van der Waals surface area contributed by atoms with Gasteiger partial charge in [0.05, 0.1) is 6.61 Å². The van der Waals surface area contributed by atoms with E-state index in [1.54, 1.807) is 6.92 Å². The van der Waals surface area contributed by atoms with Crippen molar-refractivity contribution < 1.29 is 9.53 Å². The van der Waals surface area contributed by atoms with Gasteiger partial charge in [0, 0.05) is 0 Å². The summed E-state index contributed by atoms with van der Waals surface area (Å²) in [7, 11) is 0. The number of esters is 1. The smallest absolute Gasteiger partial charge is 0.348 e. The normalized spacial score (nSPS) is 11.6. The van der Waals surface area contributed by atoms with Crippen LogP contribution in [0.25, 0.3) is 0 Å². The molecule has 0 saturated heterocycles. The molecule has 78 valence electrons.